The highest BCUT2D eigenvalue weighted by atomic mass is 32.1. The van der Waals surface area contributed by atoms with Crippen LogP contribution in [-0.4, -0.2) is 0 Å². The average molecular weight is 822 g/mol. The van der Waals surface area contributed by atoms with Crippen LogP contribution in [-0.2, 0) is 0 Å². The lowest BCUT2D eigenvalue weighted by molar-refractivity contribution is 0.651. The van der Waals surface area contributed by atoms with Gasteiger partial charge in [0.25, 0.3) is 0 Å². The Balaban J connectivity index is 1.04. The van der Waals surface area contributed by atoms with Crippen LogP contribution in [0.25, 0.3) is 75.5 Å². The van der Waals surface area contributed by atoms with Crippen LogP contribution in [0.1, 0.15) is 35.4 Å². The van der Waals surface area contributed by atoms with Crippen molar-refractivity contribution in [1.29, 1.82) is 0 Å². The maximum Gasteiger partial charge on any atom is 0.0640 e. The summed E-state index contributed by atoms with van der Waals surface area (Å²) in [7, 11) is 0. The maximum absolute atomic E-state index is 2.48. The van der Waals surface area contributed by atoms with E-state index in [1.54, 1.807) is 0 Å². The molecule has 2 heteroatoms. The first-order valence-corrected chi connectivity index (χ1v) is 22.8. The highest BCUT2D eigenvalue weighted by molar-refractivity contribution is 7.27. The summed E-state index contributed by atoms with van der Waals surface area (Å²) < 4.78 is 2.60. The molecule has 0 fully saturated rings. The zero-order valence-corrected chi connectivity index (χ0v) is 35.8. The lowest BCUT2D eigenvalue weighted by Gasteiger charge is -2.35. The van der Waals surface area contributed by atoms with E-state index in [2.05, 4.69) is 242 Å². The molecule has 0 spiro atoms. The predicted octanol–water partition coefficient (Wildman–Crippen LogP) is 17.6. The third kappa shape index (κ3) is 6.29. The largest absolute Gasteiger partial charge is 0.309 e. The molecule has 298 valence electrons. The number of fused-ring (bicyclic) bond motifs is 8. The lowest BCUT2D eigenvalue weighted by atomic mass is 9.68. The summed E-state index contributed by atoms with van der Waals surface area (Å²) in [5.41, 5.74) is 17.6. The van der Waals surface area contributed by atoms with Crippen LogP contribution in [0, 0.1) is 0 Å². The van der Waals surface area contributed by atoms with Gasteiger partial charge in [0.1, 0.15) is 0 Å². The highest BCUT2D eigenvalue weighted by Crippen LogP contribution is 2.52. The summed E-state index contributed by atoms with van der Waals surface area (Å²) in [4.78, 5) is 2.48. The van der Waals surface area contributed by atoms with E-state index >= 15 is 0 Å². The number of thiophene rings is 1. The van der Waals surface area contributed by atoms with Crippen LogP contribution < -0.4 is 4.90 Å². The number of anilines is 3. The van der Waals surface area contributed by atoms with Gasteiger partial charge in [0.2, 0.25) is 0 Å². The predicted molar refractivity (Wildman–Crippen MR) is 270 cm³/mol. The molecule has 1 aromatic heterocycles. The maximum atomic E-state index is 2.48. The summed E-state index contributed by atoms with van der Waals surface area (Å²) >= 11 is 1.90. The first kappa shape index (κ1) is 37.3. The molecule has 0 saturated heterocycles. The molecule has 1 aliphatic carbocycles. The van der Waals surface area contributed by atoms with Gasteiger partial charge >= 0.3 is 0 Å². The van der Waals surface area contributed by atoms with E-state index < -0.39 is 0 Å². The highest BCUT2D eigenvalue weighted by Gasteiger charge is 2.33. The number of hydrogen-bond donors (Lipinski definition) is 0. The zero-order valence-electron chi connectivity index (χ0n) is 34.9. The minimum Gasteiger partial charge on any atom is -0.309 e. The van der Waals surface area contributed by atoms with E-state index in [9.17, 15) is 0 Å². The Kier molecular flexibility index (Phi) is 9.13. The number of hydrogen-bond acceptors (Lipinski definition) is 2. The molecule has 1 aliphatic rings. The minimum atomic E-state index is 0.227. The van der Waals surface area contributed by atoms with Crippen molar-refractivity contribution in [1.82, 2.24) is 0 Å². The van der Waals surface area contributed by atoms with Crippen molar-refractivity contribution in [2.24, 2.45) is 0 Å². The van der Waals surface area contributed by atoms with E-state index in [0.29, 0.717) is 5.92 Å². The lowest BCUT2D eigenvalue weighted by Crippen LogP contribution is -2.17. The topological polar surface area (TPSA) is 3.24 Å². The molecular weight excluding hydrogens is 779 g/mol. The van der Waals surface area contributed by atoms with Gasteiger partial charge in [-0.15, -0.1) is 11.3 Å². The third-order valence-electron chi connectivity index (χ3n) is 13.3. The van der Waals surface area contributed by atoms with Gasteiger partial charge in [0.15, 0.2) is 0 Å². The van der Waals surface area contributed by atoms with E-state index in [4.69, 9.17) is 0 Å². The van der Waals surface area contributed by atoms with Crippen molar-refractivity contribution >= 4 is 59.3 Å². The summed E-state index contributed by atoms with van der Waals surface area (Å²) in [6.07, 6.45) is 0. The Bertz CT molecular complexity index is 3470. The second-order valence-electron chi connectivity index (χ2n) is 16.8. The molecular formula is C61H43NS. The minimum absolute atomic E-state index is 0.227. The van der Waals surface area contributed by atoms with Crippen molar-refractivity contribution < 1.29 is 0 Å². The Labute approximate surface area is 372 Å². The molecule has 2 atom stereocenters. The number of nitrogens with zero attached hydrogens (tertiary/aromatic N) is 1. The Morgan fingerprint density at radius 3 is 1.63 bits per heavy atom. The van der Waals surface area contributed by atoms with Crippen LogP contribution in [0.4, 0.5) is 17.1 Å². The molecule has 1 nitrogen and oxygen atoms in total. The van der Waals surface area contributed by atoms with Gasteiger partial charge in [0, 0.05) is 32.8 Å². The Morgan fingerprint density at radius 2 is 0.889 bits per heavy atom. The normalized spacial score (nSPS) is 14.4. The molecule has 12 rings (SSSR count). The summed E-state index contributed by atoms with van der Waals surface area (Å²) in [6, 6.07) is 85.2. The van der Waals surface area contributed by atoms with Crippen molar-refractivity contribution in [3.8, 4) is 44.5 Å². The molecule has 11 aromatic rings. The zero-order chi connectivity index (χ0) is 41.9. The van der Waals surface area contributed by atoms with Crippen molar-refractivity contribution in [2.45, 2.75) is 18.8 Å². The van der Waals surface area contributed by atoms with E-state index in [1.807, 2.05) is 11.3 Å². The molecule has 63 heavy (non-hydrogen) atoms. The molecule has 10 aromatic carbocycles. The number of benzene rings is 10. The van der Waals surface area contributed by atoms with Crippen LogP contribution in [0.5, 0.6) is 0 Å². The summed E-state index contributed by atoms with van der Waals surface area (Å²) in [5, 5.41) is 5.15. The first-order chi connectivity index (χ1) is 31.2. The van der Waals surface area contributed by atoms with Crippen LogP contribution in [0.2, 0.25) is 0 Å². The fraction of sp³-hybridized carbons (Fsp3) is 0.0492. The van der Waals surface area contributed by atoms with Crippen LogP contribution >= 0.6 is 11.3 Å². The van der Waals surface area contributed by atoms with Gasteiger partial charge in [0.05, 0.1) is 10.4 Å². The monoisotopic (exact) mass is 821 g/mol. The smallest absolute Gasteiger partial charge is 0.0640 e. The van der Waals surface area contributed by atoms with Gasteiger partial charge in [-0.3, -0.25) is 0 Å². The van der Waals surface area contributed by atoms with E-state index in [-0.39, 0.29) is 5.92 Å². The molecule has 1 heterocycles. The van der Waals surface area contributed by atoms with Gasteiger partial charge in [-0.2, -0.15) is 0 Å². The van der Waals surface area contributed by atoms with E-state index in [0.717, 1.165) is 11.4 Å². The molecule has 2 unspecified atom stereocenters. The summed E-state index contributed by atoms with van der Waals surface area (Å²) in [6.45, 7) is 2.40. The van der Waals surface area contributed by atoms with Gasteiger partial charge in [-0.05, 0) is 108 Å². The molecule has 0 amide bonds. The molecule has 0 saturated carbocycles. The van der Waals surface area contributed by atoms with Crippen molar-refractivity contribution in [3.05, 3.63) is 247 Å². The van der Waals surface area contributed by atoms with Gasteiger partial charge in [-0.1, -0.05) is 207 Å². The van der Waals surface area contributed by atoms with Crippen molar-refractivity contribution in [3.63, 3.8) is 0 Å². The first-order valence-electron chi connectivity index (χ1n) is 22.0. The third-order valence-corrected chi connectivity index (χ3v) is 14.6. The second-order valence-corrected chi connectivity index (χ2v) is 17.8. The molecule has 0 aliphatic heterocycles. The Morgan fingerprint density at radius 1 is 0.349 bits per heavy atom. The molecule has 0 radical (unpaired) electrons. The van der Waals surface area contributed by atoms with Gasteiger partial charge < -0.3 is 4.90 Å². The van der Waals surface area contributed by atoms with E-state index in [1.165, 1.54) is 97.8 Å². The van der Waals surface area contributed by atoms with Gasteiger partial charge in [-0.25, -0.2) is 0 Å². The standard InChI is InChI=1S/C61H43NS/c1-40-47-22-10-12-25-51(47)52-26-13-15-28-54(52)59(40)53-27-14-11-23-48(53)44-31-34-45(35-32-44)62(46-36-38-49(41-17-4-2-5-18-41)57(39-46)42-19-6-3-7-20-42)58-30-16-29-55-56-37-33-43-21-8-9-24-50(43)60(56)63-61(55)58/h2-40,59H,1H3. The fourth-order valence-electron chi connectivity index (χ4n) is 10.4. The number of rotatable bonds is 7. The SMILES string of the molecule is CC1c2ccccc2-c2ccccc2C1c1ccccc1-c1ccc(N(c2ccc(-c3ccccc3)c(-c3ccccc3)c2)c2cccc3c2sc2c4ccccc4ccc32)cc1. The average Bonchev–Trinajstić information content (AvgIpc) is 3.75. The summed E-state index contributed by atoms with van der Waals surface area (Å²) in [5.74, 6) is 0.549. The quantitative estimate of drug-likeness (QED) is 0.155. The Hall–Kier alpha value is -7.52. The van der Waals surface area contributed by atoms with Crippen LogP contribution in [0.15, 0.2) is 231 Å². The van der Waals surface area contributed by atoms with Crippen LogP contribution in [0.3, 0.4) is 0 Å². The molecule has 0 bridgehead atoms. The fourth-order valence-corrected chi connectivity index (χ4v) is 11.7. The second kappa shape index (κ2) is 15.4. The van der Waals surface area contributed by atoms with Crippen molar-refractivity contribution in [2.75, 3.05) is 4.90 Å². The molecule has 0 N–H and O–H groups in total.